The van der Waals surface area contributed by atoms with E-state index in [1.165, 1.54) is 0 Å². The summed E-state index contributed by atoms with van der Waals surface area (Å²) in [6.45, 7) is 13.3. The first-order valence-electron chi connectivity index (χ1n) is 17.7. The number of imidazole rings is 1. The van der Waals surface area contributed by atoms with E-state index in [2.05, 4.69) is 22.1 Å². The van der Waals surface area contributed by atoms with Crippen molar-refractivity contribution in [2.45, 2.75) is 66.6 Å². The number of nitrogens with zero attached hydrogens (tertiary/aromatic N) is 3. The van der Waals surface area contributed by atoms with Gasteiger partial charge in [0.2, 0.25) is 0 Å². The third kappa shape index (κ3) is 9.25. The summed E-state index contributed by atoms with van der Waals surface area (Å²) in [5.41, 5.74) is 7.71. The maximum absolute atomic E-state index is 8.59. The number of rotatable bonds is 7. The van der Waals surface area contributed by atoms with Crippen molar-refractivity contribution in [2.24, 2.45) is 5.41 Å². The molecule has 6 aromatic rings. The molecule has 0 bridgehead atoms. The summed E-state index contributed by atoms with van der Waals surface area (Å²) in [4.78, 5) is 8.95. The Kier molecular flexibility index (Phi) is 10.4. The standard InChI is InChI=1S/C22H22N.C21H23N2.Ir/c1-22(2,3)16-17-9-11-18(12-10-17)20-13-14-23-21(15-20)19-7-5-4-6-8-19;1-15(2)18-11-8-12-19(16(3)4)20(18)23-14-13-22-21(23)17-9-6-5-7-10-17;/h4-7,9-15H,16H2,1-3H3;5-9,11-16H,1-4H3;/q2*-1;/i16D2;15D,16D;. The molecule has 243 valence electrons. The van der Waals surface area contributed by atoms with Crippen molar-refractivity contribution >= 4 is 0 Å². The molecule has 2 heterocycles. The van der Waals surface area contributed by atoms with E-state index in [-0.39, 0.29) is 20.1 Å². The summed E-state index contributed by atoms with van der Waals surface area (Å²) in [5.74, 6) is -0.820. The van der Waals surface area contributed by atoms with E-state index in [9.17, 15) is 0 Å². The average molecular weight is 800 g/mol. The van der Waals surface area contributed by atoms with E-state index in [1.807, 2.05) is 162 Å². The normalized spacial score (nSPS) is 13.2. The summed E-state index contributed by atoms with van der Waals surface area (Å²) in [7, 11) is 0. The van der Waals surface area contributed by atoms with Gasteiger partial charge in [-0.2, -0.15) is 0 Å². The quantitative estimate of drug-likeness (QED) is 0.151. The Labute approximate surface area is 301 Å². The first-order valence-corrected chi connectivity index (χ1v) is 15.7. The maximum atomic E-state index is 8.59. The molecule has 0 amide bonds. The van der Waals surface area contributed by atoms with Crippen LogP contribution in [0.25, 0.3) is 39.5 Å². The van der Waals surface area contributed by atoms with Gasteiger partial charge in [-0.05, 0) is 63.2 Å². The third-order valence-electron chi connectivity index (χ3n) is 7.43. The van der Waals surface area contributed by atoms with Crippen molar-refractivity contribution in [1.29, 1.82) is 0 Å². The van der Waals surface area contributed by atoms with Crippen LogP contribution in [-0.2, 0) is 26.5 Å². The summed E-state index contributed by atoms with van der Waals surface area (Å²) in [6, 6.07) is 39.5. The Bertz CT molecular complexity index is 1990. The van der Waals surface area contributed by atoms with Gasteiger partial charge < -0.3 is 9.55 Å². The molecule has 0 aliphatic carbocycles. The van der Waals surface area contributed by atoms with Gasteiger partial charge in [0.25, 0.3) is 0 Å². The van der Waals surface area contributed by atoms with Gasteiger partial charge in [-0.1, -0.05) is 97.0 Å². The predicted molar refractivity (Wildman–Crippen MR) is 193 cm³/mol. The third-order valence-corrected chi connectivity index (χ3v) is 7.43. The molecule has 0 spiro atoms. The number of hydrogen-bond acceptors (Lipinski definition) is 2. The monoisotopic (exact) mass is 800 g/mol. The molecule has 0 unspecified atom stereocenters. The van der Waals surface area contributed by atoms with Crippen molar-refractivity contribution in [3.05, 3.63) is 151 Å². The van der Waals surface area contributed by atoms with Crippen LogP contribution in [0, 0.1) is 17.5 Å². The van der Waals surface area contributed by atoms with Gasteiger partial charge in [0.1, 0.15) is 0 Å². The molecule has 0 aliphatic rings. The molecule has 47 heavy (non-hydrogen) atoms. The summed E-state index contributed by atoms with van der Waals surface area (Å²) in [5, 5.41) is 0. The van der Waals surface area contributed by atoms with Crippen molar-refractivity contribution in [2.75, 3.05) is 0 Å². The molecule has 0 aliphatic heterocycles. The van der Waals surface area contributed by atoms with Crippen LogP contribution in [0.15, 0.2) is 122 Å². The minimum atomic E-state index is -1.38. The molecule has 0 saturated carbocycles. The zero-order chi connectivity index (χ0) is 36.3. The van der Waals surface area contributed by atoms with Gasteiger partial charge in [0.15, 0.2) is 0 Å². The number of benzene rings is 4. The van der Waals surface area contributed by atoms with Gasteiger partial charge in [0, 0.05) is 49.9 Å². The van der Waals surface area contributed by atoms with E-state index in [0.717, 1.165) is 50.6 Å². The summed E-state index contributed by atoms with van der Waals surface area (Å²) < 4.78 is 36.0. The van der Waals surface area contributed by atoms with Gasteiger partial charge in [-0.25, -0.2) is 0 Å². The van der Waals surface area contributed by atoms with Crippen LogP contribution in [0.4, 0.5) is 0 Å². The van der Waals surface area contributed by atoms with Gasteiger partial charge >= 0.3 is 0 Å². The van der Waals surface area contributed by atoms with E-state index in [0.29, 0.717) is 5.56 Å². The Morgan fingerprint density at radius 1 is 0.723 bits per heavy atom. The zero-order valence-electron chi connectivity index (χ0n) is 32.2. The largest absolute Gasteiger partial charge is 0.340 e. The molecular weight excluding hydrogens is 751 g/mol. The average Bonchev–Trinajstić information content (AvgIpc) is 3.58. The fourth-order valence-electron chi connectivity index (χ4n) is 5.31. The maximum Gasteiger partial charge on any atom is 0.0602 e. The number of para-hydroxylation sites is 1. The fraction of sp³-hybridized carbons (Fsp3) is 0.256. The Balaban J connectivity index is 0.000000224. The molecule has 0 N–H and O–H groups in total. The van der Waals surface area contributed by atoms with Gasteiger partial charge in [-0.3, -0.25) is 4.98 Å². The van der Waals surface area contributed by atoms with E-state index in [4.69, 9.17) is 5.48 Å². The number of hydrogen-bond donors (Lipinski definition) is 0. The molecule has 4 heteroatoms. The Morgan fingerprint density at radius 2 is 1.34 bits per heavy atom. The minimum Gasteiger partial charge on any atom is -0.340 e. The molecule has 3 nitrogen and oxygen atoms in total. The van der Waals surface area contributed by atoms with Gasteiger partial charge in [-0.15, -0.1) is 71.8 Å². The van der Waals surface area contributed by atoms with Crippen LogP contribution in [0.5, 0.6) is 0 Å². The van der Waals surface area contributed by atoms with Crippen molar-refractivity contribution < 1.29 is 25.6 Å². The zero-order valence-corrected chi connectivity index (χ0v) is 30.6. The summed E-state index contributed by atoms with van der Waals surface area (Å²) >= 11 is 0. The van der Waals surface area contributed by atoms with Crippen LogP contribution in [0.1, 0.15) is 82.4 Å². The van der Waals surface area contributed by atoms with Crippen LogP contribution < -0.4 is 0 Å². The van der Waals surface area contributed by atoms with E-state index < -0.39 is 23.6 Å². The first kappa shape index (κ1) is 30.2. The van der Waals surface area contributed by atoms with Crippen LogP contribution in [-0.4, -0.2) is 14.5 Å². The van der Waals surface area contributed by atoms with Gasteiger partial charge in [0.05, 0.1) is 5.82 Å². The van der Waals surface area contributed by atoms with Crippen molar-refractivity contribution in [1.82, 2.24) is 14.5 Å². The molecule has 0 fully saturated rings. The van der Waals surface area contributed by atoms with Crippen molar-refractivity contribution in [3.63, 3.8) is 0 Å². The van der Waals surface area contributed by atoms with Crippen LogP contribution >= 0.6 is 0 Å². The second kappa shape index (κ2) is 16.1. The molecule has 0 saturated heterocycles. The second-order valence-corrected chi connectivity index (χ2v) is 12.8. The van der Waals surface area contributed by atoms with Crippen LogP contribution in [0.3, 0.4) is 0 Å². The SMILES string of the molecule is [2H]C(C)(C)c1cccc(C([2H])(C)C)c1-n1ccnc1-c1[c-]cccc1.[2H]C([2H])(c1ccc(-c2ccnc(-c3[c-]cccc3)c2)cc1)C(C)(C)C.[Ir]. The molecule has 6 rings (SSSR count). The molecular formula is C43H45IrN3-2. The molecule has 4 aromatic carbocycles. The molecule has 2 aromatic heterocycles. The Morgan fingerprint density at radius 3 is 1.89 bits per heavy atom. The summed E-state index contributed by atoms with van der Waals surface area (Å²) in [6.07, 6.45) is 4.07. The minimum absolute atomic E-state index is 0. The van der Waals surface area contributed by atoms with Crippen molar-refractivity contribution in [3.8, 4) is 39.5 Å². The smallest absolute Gasteiger partial charge is 0.0602 e. The fourth-order valence-corrected chi connectivity index (χ4v) is 5.31. The first-order chi connectivity index (χ1) is 23.5. The molecule has 1 radical (unpaired) electrons. The predicted octanol–water partition coefficient (Wildman–Crippen LogP) is 11.4. The van der Waals surface area contributed by atoms with E-state index in [1.54, 1.807) is 12.4 Å². The Hall–Kier alpha value is -4.11. The topological polar surface area (TPSA) is 30.7 Å². The number of aromatic nitrogens is 3. The van der Waals surface area contributed by atoms with Crippen LogP contribution in [0.2, 0.25) is 0 Å². The van der Waals surface area contributed by atoms with E-state index >= 15 is 0 Å². The second-order valence-electron chi connectivity index (χ2n) is 12.8. The number of pyridine rings is 1. The molecule has 0 atom stereocenters.